The molecular weight excluding hydrogens is 286 g/mol. The van der Waals surface area contributed by atoms with Crippen molar-refractivity contribution in [2.24, 2.45) is 5.73 Å². The number of ether oxygens (including phenoxy) is 1. The lowest BCUT2D eigenvalue weighted by Gasteiger charge is -2.35. The number of hydrogen-bond donors (Lipinski definition) is 1. The van der Waals surface area contributed by atoms with Crippen LogP contribution in [0.3, 0.4) is 0 Å². The average Bonchev–Trinajstić information content (AvgIpc) is 2.87. The number of halogens is 1. The molecule has 1 fully saturated rings. The summed E-state index contributed by atoms with van der Waals surface area (Å²) in [5, 5.41) is 4.22. The second-order valence-electron chi connectivity index (χ2n) is 4.36. The molecule has 0 radical (unpaired) electrons. The summed E-state index contributed by atoms with van der Waals surface area (Å²) in [4.78, 5) is 0. The van der Waals surface area contributed by atoms with Crippen LogP contribution in [0.4, 0.5) is 0 Å². The molecule has 2 rings (SSSR count). The van der Waals surface area contributed by atoms with Gasteiger partial charge in [0.1, 0.15) is 0 Å². The molecule has 1 aromatic rings. The van der Waals surface area contributed by atoms with Crippen molar-refractivity contribution in [2.75, 3.05) is 6.61 Å². The highest BCUT2D eigenvalue weighted by atomic mass is 79.9. The molecule has 0 bridgehead atoms. The van der Waals surface area contributed by atoms with E-state index in [0.29, 0.717) is 0 Å². The topological polar surface area (TPSA) is 35.2 Å². The van der Waals surface area contributed by atoms with Gasteiger partial charge in [0.2, 0.25) is 0 Å². The largest absolute Gasteiger partial charge is 0.373 e. The van der Waals surface area contributed by atoms with Gasteiger partial charge in [-0.15, -0.1) is 0 Å². The van der Waals surface area contributed by atoms with Crippen LogP contribution < -0.4 is 5.73 Å². The molecule has 2 nitrogen and oxygen atoms in total. The Hall–Kier alpha value is 0.100. The van der Waals surface area contributed by atoms with E-state index in [2.05, 4.69) is 33.6 Å². The molecule has 1 aliphatic carbocycles. The second kappa shape index (κ2) is 5.17. The minimum Gasteiger partial charge on any atom is -0.373 e. The summed E-state index contributed by atoms with van der Waals surface area (Å²) in [6, 6.07) is -0.00410. The zero-order valence-corrected chi connectivity index (χ0v) is 11.9. The maximum atomic E-state index is 6.42. The van der Waals surface area contributed by atoms with Crippen LogP contribution in [0.15, 0.2) is 15.2 Å². The molecule has 1 atom stereocenters. The summed E-state index contributed by atoms with van der Waals surface area (Å²) in [5.41, 5.74) is 7.49. The Morgan fingerprint density at radius 3 is 2.69 bits per heavy atom. The van der Waals surface area contributed by atoms with E-state index in [4.69, 9.17) is 10.5 Å². The van der Waals surface area contributed by atoms with E-state index in [-0.39, 0.29) is 11.6 Å². The fourth-order valence-corrected chi connectivity index (χ4v) is 4.18. The van der Waals surface area contributed by atoms with Gasteiger partial charge in [-0.1, -0.05) is 12.8 Å². The Bertz CT molecular complexity index is 347. The Morgan fingerprint density at radius 2 is 2.19 bits per heavy atom. The number of rotatable bonds is 4. The predicted octanol–water partition coefficient (Wildman–Crippen LogP) is 3.86. The maximum absolute atomic E-state index is 6.42. The van der Waals surface area contributed by atoms with Crippen molar-refractivity contribution in [1.82, 2.24) is 0 Å². The van der Waals surface area contributed by atoms with E-state index in [1.807, 2.05) is 0 Å². The van der Waals surface area contributed by atoms with Gasteiger partial charge in [0.25, 0.3) is 0 Å². The Morgan fingerprint density at radius 1 is 1.50 bits per heavy atom. The van der Waals surface area contributed by atoms with Crippen molar-refractivity contribution in [1.29, 1.82) is 0 Å². The summed E-state index contributed by atoms with van der Waals surface area (Å²) in [7, 11) is 0. The van der Waals surface area contributed by atoms with Gasteiger partial charge in [0, 0.05) is 16.5 Å². The summed E-state index contributed by atoms with van der Waals surface area (Å²) in [6.07, 6.45) is 4.64. The first kappa shape index (κ1) is 12.6. The van der Waals surface area contributed by atoms with Crippen LogP contribution in [0, 0.1) is 0 Å². The Labute approximate surface area is 109 Å². The zero-order valence-electron chi connectivity index (χ0n) is 9.54. The fraction of sp³-hybridized carbons (Fsp3) is 0.667. The van der Waals surface area contributed by atoms with Gasteiger partial charge < -0.3 is 10.5 Å². The summed E-state index contributed by atoms with van der Waals surface area (Å²) < 4.78 is 7.11. The molecule has 1 aliphatic rings. The molecule has 0 saturated heterocycles. The minimum atomic E-state index is -0.127. The highest BCUT2D eigenvalue weighted by molar-refractivity contribution is 9.10. The van der Waals surface area contributed by atoms with Gasteiger partial charge in [0.15, 0.2) is 0 Å². The smallest absolute Gasteiger partial charge is 0.0874 e. The molecule has 0 aliphatic heterocycles. The van der Waals surface area contributed by atoms with Crippen LogP contribution in [0.2, 0.25) is 0 Å². The monoisotopic (exact) mass is 303 g/mol. The molecule has 0 spiro atoms. The highest BCUT2D eigenvalue weighted by Gasteiger charge is 2.41. The lowest BCUT2D eigenvalue weighted by Crippen LogP contribution is -2.41. The van der Waals surface area contributed by atoms with Crippen LogP contribution in [0.5, 0.6) is 0 Å². The van der Waals surface area contributed by atoms with Gasteiger partial charge in [0.05, 0.1) is 11.6 Å². The molecule has 1 saturated carbocycles. The molecule has 4 heteroatoms. The molecule has 1 heterocycles. The van der Waals surface area contributed by atoms with E-state index in [9.17, 15) is 0 Å². The van der Waals surface area contributed by atoms with Gasteiger partial charge in [-0.3, -0.25) is 0 Å². The molecule has 90 valence electrons. The first-order valence-electron chi connectivity index (χ1n) is 5.81. The lowest BCUT2D eigenvalue weighted by molar-refractivity contribution is -0.0537. The quantitative estimate of drug-likeness (QED) is 0.916. The van der Waals surface area contributed by atoms with Crippen molar-refractivity contribution in [3.05, 3.63) is 20.8 Å². The van der Waals surface area contributed by atoms with E-state index >= 15 is 0 Å². The molecular formula is C12H18BrNOS. The SMILES string of the molecule is CCOC1(C(N)c2cscc2Br)CCCC1. The minimum absolute atomic E-state index is 0.00410. The van der Waals surface area contributed by atoms with Crippen LogP contribution in [0.1, 0.15) is 44.2 Å². The van der Waals surface area contributed by atoms with Gasteiger partial charge in [-0.05, 0) is 46.6 Å². The van der Waals surface area contributed by atoms with Crippen LogP contribution in [-0.2, 0) is 4.74 Å². The van der Waals surface area contributed by atoms with Crippen LogP contribution >= 0.6 is 27.3 Å². The second-order valence-corrected chi connectivity index (χ2v) is 5.96. The maximum Gasteiger partial charge on any atom is 0.0874 e. The van der Waals surface area contributed by atoms with Gasteiger partial charge >= 0.3 is 0 Å². The van der Waals surface area contributed by atoms with Crippen molar-refractivity contribution in [2.45, 2.75) is 44.2 Å². The van der Waals surface area contributed by atoms with Crippen LogP contribution in [-0.4, -0.2) is 12.2 Å². The van der Waals surface area contributed by atoms with Crippen molar-refractivity contribution in [3.8, 4) is 0 Å². The number of nitrogens with two attached hydrogens (primary N) is 1. The normalized spacial score (nSPS) is 21.2. The fourth-order valence-electron chi connectivity index (χ4n) is 2.60. The third-order valence-electron chi connectivity index (χ3n) is 3.43. The van der Waals surface area contributed by atoms with Crippen molar-refractivity contribution in [3.63, 3.8) is 0 Å². The summed E-state index contributed by atoms with van der Waals surface area (Å²) >= 11 is 5.25. The highest BCUT2D eigenvalue weighted by Crippen LogP contribution is 2.44. The predicted molar refractivity (Wildman–Crippen MR) is 71.8 cm³/mol. The third kappa shape index (κ3) is 2.21. The Kier molecular flexibility index (Phi) is 4.06. The van der Waals surface area contributed by atoms with Crippen molar-refractivity contribution < 1.29 is 4.74 Å². The zero-order chi connectivity index (χ0) is 11.6. The molecule has 0 amide bonds. The standard InChI is InChI=1S/C12H18BrNOS/c1-2-15-12(5-3-4-6-12)11(14)9-7-16-8-10(9)13/h7-8,11H,2-6,14H2,1H3. The van der Waals surface area contributed by atoms with E-state index in [1.165, 1.54) is 18.4 Å². The number of hydrogen-bond acceptors (Lipinski definition) is 3. The van der Waals surface area contributed by atoms with E-state index in [0.717, 1.165) is 23.9 Å². The van der Waals surface area contributed by atoms with Crippen LogP contribution in [0.25, 0.3) is 0 Å². The molecule has 1 unspecified atom stereocenters. The molecule has 0 aromatic carbocycles. The summed E-state index contributed by atoms with van der Waals surface area (Å²) in [6.45, 7) is 2.80. The van der Waals surface area contributed by atoms with E-state index in [1.54, 1.807) is 11.3 Å². The molecule has 1 aromatic heterocycles. The summed E-state index contributed by atoms with van der Waals surface area (Å²) in [5.74, 6) is 0. The lowest BCUT2D eigenvalue weighted by atomic mass is 9.88. The molecule has 16 heavy (non-hydrogen) atoms. The van der Waals surface area contributed by atoms with Gasteiger partial charge in [-0.2, -0.15) is 11.3 Å². The van der Waals surface area contributed by atoms with Gasteiger partial charge in [-0.25, -0.2) is 0 Å². The first-order chi connectivity index (χ1) is 7.69. The number of thiophene rings is 1. The van der Waals surface area contributed by atoms with E-state index < -0.39 is 0 Å². The van der Waals surface area contributed by atoms with Crippen molar-refractivity contribution >= 4 is 27.3 Å². The average molecular weight is 304 g/mol. The molecule has 2 N–H and O–H groups in total. The first-order valence-corrected chi connectivity index (χ1v) is 7.54. The Balaban J connectivity index is 2.23. The third-order valence-corrected chi connectivity index (χ3v) is 5.18.